The number of amides is 2. The molecule has 0 bridgehead atoms. The minimum atomic E-state index is -1.11. The zero-order valence-electron chi connectivity index (χ0n) is 28.2. The molecule has 2 saturated heterocycles. The van der Waals surface area contributed by atoms with Crippen LogP contribution < -0.4 is 10.9 Å². The molecule has 3 aromatic rings. The fourth-order valence-corrected chi connectivity index (χ4v) is 6.31. The van der Waals surface area contributed by atoms with Gasteiger partial charge in [0, 0.05) is 64.3 Å². The SMILES string of the molecule is CC.CC(C)C(CC(=O)N1CCC(O)(Cn2cnc3cc(NC(=O)CCN4CCN(C)CC4)ccc3c2=O)CC1)c1ccccc1. The smallest absolute Gasteiger partial charge is 0.261 e. The lowest BCUT2D eigenvalue weighted by molar-refractivity contribution is -0.136. The summed E-state index contributed by atoms with van der Waals surface area (Å²) in [7, 11) is 2.11. The highest BCUT2D eigenvalue weighted by Crippen LogP contribution is 2.30. The number of hydrogen-bond acceptors (Lipinski definition) is 7. The molecule has 3 heterocycles. The van der Waals surface area contributed by atoms with Crippen molar-refractivity contribution in [2.75, 3.05) is 58.2 Å². The zero-order valence-corrected chi connectivity index (χ0v) is 28.2. The standard InChI is InChI=1S/C34H46N6O4.C2H6/c1-25(2)29(26-7-5-4-6-8-26)22-32(42)39-15-12-34(44,13-16-39)23-40-24-35-30-21-27(9-10-28(30)33(40)43)36-31(41)11-14-38-19-17-37(3)18-20-38;1-2/h4-10,21,24-25,29,44H,11-20,22-23H2,1-3H3,(H,36,41);1-2H3. The summed E-state index contributed by atoms with van der Waals surface area (Å²) in [5.74, 6) is 0.502. The minimum Gasteiger partial charge on any atom is -0.388 e. The van der Waals surface area contributed by atoms with Gasteiger partial charge in [-0.1, -0.05) is 58.0 Å². The van der Waals surface area contributed by atoms with Gasteiger partial charge in [0.25, 0.3) is 5.56 Å². The molecule has 10 nitrogen and oxygen atoms in total. The molecular weight excluding hydrogens is 580 g/mol. The predicted octanol–water partition coefficient (Wildman–Crippen LogP) is 4.18. The van der Waals surface area contributed by atoms with Crippen LogP contribution in [0.5, 0.6) is 0 Å². The van der Waals surface area contributed by atoms with Crippen molar-refractivity contribution in [1.29, 1.82) is 0 Å². The van der Waals surface area contributed by atoms with Gasteiger partial charge in [-0.2, -0.15) is 0 Å². The number of fused-ring (bicyclic) bond motifs is 1. The van der Waals surface area contributed by atoms with Crippen LogP contribution in [0.3, 0.4) is 0 Å². The average Bonchev–Trinajstić information content (AvgIpc) is 3.06. The number of nitrogens with zero attached hydrogens (tertiary/aromatic N) is 5. The number of carbonyl (C=O) groups excluding carboxylic acids is 2. The third-order valence-electron chi connectivity index (χ3n) is 9.30. The Kier molecular flexibility index (Phi) is 12.5. The Balaban J connectivity index is 0.00000235. The molecule has 1 aromatic heterocycles. The zero-order chi connectivity index (χ0) is 33.3. The van der Waals surface area contributed by atoms with Crippen LogP contribution in [-0.2, 0) is 16.1 Å². The van der Waals surface area contributed by atoms with Crippen molar-refractivity contribution >= 4 is 28.4 Å². The maximum Gasteiger partial charge on any atom is 0.261 e. The summed E-state index contributed by atoms with van der Waals surface area (Å²) in [6.45, 7) is 14.0. The third kappa shape index (κ3) is 9.24. The Morgan fingerprint density at radius 1 is 0.978 bits per heavy atom. The van der Waals surface area contributed by atoms with E-state index in [0.717, 1.165) is 32.7 Å². The molecule has 2 amide bonds. The quantitative estimate of drug-likeness (QED) is 0.345. The number of aliphatic hydroxyl groups is 1. The van der Waals surface area contributed by atoms with Crippen molar-refractivity contribution in [1.82, 2.24) is 24.3 Å². The van der Waals surface area contributed by atoms with Crippen molar-refractivity contribution < 1.29 is 14.7 Å². The number of likely N-dealkylation sites (N-methyl/N-ethyl adjacent to an activating group) is 1. The lowest BCUT2D eigenvalue weighted by atomic mass is 9.84. The van der Waals surface area contributed by atoms with Gasteiger partial charge in [-0.3, -0.25) is 19.0 Å². The molecule has 0 spiro atoms. The van der Waals surface area contributed by atoms with Crippen molar-refractivity contribution in [2.24, 2.45) is 5.92 Å². The number of piperidine rings is 1. The van der Waals surface area contributed by atoms with Crippen LogP contribution >= 0.6 is 0 Å². The predicted molar refractivity (Wildman–Crippen MR) is 184 cm³/mol. The summed E-state index contributed by atoms with van der Waals surface area (Å²) in [6, 6.07) is 15.3. The van der Waals surface area contributed by atoms with E-state index >= 15 is 0 Å². The normalized spacial score (nSPS) is 17.8. The van der Waals surface area contributed by atoms with Gasteiger partial charge in [-0.05, 0) is 55.5 Å². The molecule has 2 aliphatic rings. The van der Waals surface area contributed by atoms with Gasteiger partial charge < -0.3 is 25.1 Å². The minimum absolute atomic E-state index is 0.0662. The van der Waals surface area contributed by atoms with Gasteiger partial charge >= 0.3 is 0 Å². The van der Waals surface area contributed by atoms with E-state index in [1.807, 2.05) is 36.9 Å². The first-order valence-electron chi connectivity index (χ1n) is 16.9. The number of piperazine rings is 1. The van der Waals surface area contributed by atoms with Gasteiger partial charge in [0.1, 0.15) is 0 Å². The summed E-state index contributed by atoms with van der Waals surface area (Å²) in [6.07, 6.45) is 3.09. The average molecular weight is 633 g/mol. The van der Waals surface area contributed by atoms with E-state index in [9.17, 15) is 19.5 Å². The highest BCUT2D eigenvalue weighted by molar-refractivity contribution is 5.93. The first-order valence-corrected chi connectivity index (χ1v) is 16.9. The van der Waals surface area contributed by atoms with E-state index in [1.165, 1.54) is 16.5 Å². The summed E-state index contributed by atoms with van der Waals surface area (Å²) in [4.78, 5) is 50.0. The van der Waals surface area contributed by atoms with Crippen LogP contribution in [0.2, 0.25) is 0 Å². The fraction of sp³-hybridized carbons (Fsp3) is 0.556. The number of hydrogen-bond donors (Lipinski definition) is 2. The Labute approximate surface area is 273 Å². The van der Waals surface area contributed by atoms with Crippen molar-refractivity contribution in [3.8, 4) is 0 Å². The number of anilines is 1. The number of carbonyl (C=O) groups is 2. The first-order chi connectivity index (χ1) is 22.1. The summed E-state index contributed by atoms with van der Waals surface area (Å²) >= 11 is 0. The number of nitrogens with one attached hydrogen (secondary N) is 1. The van der Waals surface area contributed by atoms with Gasteiger partial charge in [0.05, 0.1) is 29.4 Å². The van der Waals surface area contributed by atoms with Crippen LogP contribution in [0, 0.1) is 5.92 Å². The van der Waals surface area contributed by atoms with Crippen LogP contribution in [0.25, 0.3) is 10.9 Å². The third-order valence-corrected chi connectivity index (χ3v) is 9.30. The lowest BCUT2D eigenvalue weighted by Crippen LogP contribution is -2.50. The molecule has 250 valence electrons. The van der Waals surface area contributed by atoms with E-state index in [0.29, 0.717) is 61.3 Å². The van der Waals surface area contributed by atoms with Crippen molar-refractivity contribution in [2.45, 2.75) is 71.4 Å². The van der Waals surface area contributed by atoms with Gasteiger partial charge in [-0.15, -0.1) is 0 Å². The summed E-state index contributed by atoms with van der Waals surface area (Å²) in [5.41, 5.74) is 0.924. The number of likely N-dealkylation sites (tertiary alicyclic amines) is 1. The van der Waals surface area contributed by atoms with Crippen LogP contribution in [-0.4, -0.2) is 99.6 Å². The van der Waals surface area contributed by atoms with E-state index in [-0.39, 0.29) is 29.8 Å². The van der Waals surface area contributed by atoms with E-state index in [2.05, 4.69) is 53.1 Å². The van der Waals surface area contributed by atoms with Gasteiger partial charge in [-0.25, -0.2) is 4.98 Å². The largest absolute Gasteiger partial charge is 0.388 e. The molecule has 0 saturated carbocycles. The second kappa shape index (κ2) is 16.3. The molecule has 0 aliphatic carbocycles. The molecule has 2 fully saturated rings. The molecule has 2 N–H and O–H groups in total. The van der Waals surface area contributed by atoms with Crippen molar-refractivity contribution in [3.05, 3.63) is 70.8 Å². The Bertz CT molecular complexity index is 1490. The van der Waals surface area contributed by atoms with Crippen LogP contribution in [0.15, 0.2) is 59.7 Å². The highest BCUT2D eigenvalue weighted by Gasteiger charge is 2.35. The second-order valence-corrected chi connectivity index (χ2v) is 12.9. The second-order valence-electron chi connectivity index (χ2n) is 12.9. The molecular formula is C36H52N6O4. The van der Waals surface area contributed by atoms with Gasteiger partial charge in [0.2, 0.25) is 11.8 Å². The number of rotatable bonds is 10. The van der Waals surface area contributed by atoms with E-state index < -0.39 is 5.60 Å². The molecule has 2 aromatic carbocycles. The maximum absolute atomic E-state index is 13.3. The monoisotopic (exact) mass is 632 g/mol. The van der Waals surface area contributed by atoms with E-state index in [1.54, 1.807) is 18.2 Å². The summed E-state index contributed by atoms with van der Waals surface area (Å²) < 4.78 is 1.46. The molecule has 0 radical (unpaired) electrons. The molecule has 10 heteroatoms. The number of aromatic nitrogens is 2. The van der Waals surface area contributed by atoms with E-state index in [4.69, 9.17) is 0 Å². The molecule has 1 unspecified atom stereocenters. The fourth-order valence-electron chi connectivity index (χ4n) is 6.31. The van der Waals surface area contributed by atoms with Crippen LogP contribution in [0.1, 0.15) is 64.9 Å². The van der Waals surface area contributed by atoms with Gasteiger partial charge in [0.15, 0.2) is 0 Å². The molecule has 1 atom stereocenters. The Morgan fingerprint density at radius 2 is 1.65 bits per heavy atom. The maximum atomic E-state index is 13.3. The van der Waals surface area contributed by atoms with Crippen LogP contribution in [0.4, 0.5) is 5.69 Å². The first kappa shape index (κ1) is 35.3. The van der Waals surface area contributed by atoms with Crippen molar-refractivity contribution in [3.63, 3.8) is 0 Å². The molecule has 46 heavy (non-hydrogen) atoms. The summed E-state index contributed by atoms with van der Waals surface area (Å²) in [5, 5.41) is 14.8. The number of benzene rings is 2. The lowest BCUT2D eigenvalue weighted by Gasteiger charge is -2.39. The highest BCUT2D eigenvalue weighted by atomic mass is 16.3. The topological polar surface area (TPSA) is 111 Å². The molecule has 5 rings (SSSR count). The Hall–Kier alpha value is -3.60. The molecule has 2 aliphatic heterocycles. The Morgan fingerprint density at radius 3 is 2.30 bits per heavy atom.